The van der Waals surface area contributed by atoms with Crippen molar-refractivity contribution in [2.45, 2.75) is 20.3 Å². The Morgan fingerprint density at radius 1 is 1.31 bits per heavy atom. The third-order valence-electron chi connectivity index (χ3n) is 3.33. The Balaban J connectivity index is 2.31. The zero-order valence-electron chi connectivity index (χ0n) is 9.53. The Morgan fingerprint density at radius 2 is 1.88 bits per heavy atom. The van der Waals surface area contributed by atoms with Crippen LogP contribution < -0.4 is 10.6 Å². The van der Waals surface area contributed by atoms with E-state index in [4.69, 9.17) is 0 Å². The van der Waals surface area contributed by atoms with Crippen molar-refractivity contribution in [2.24, 2.45) is 5.41 Å². The van der Waals surface area contributed by atoms with E-state index in [1.54, 1.807) is 6.07 Å². The van der Waals surface area contributed by atoms with Crippen LogP contribution in [0.3, 0.4) is 0 Å². The molecule has 16 heavy (non-hydrogen) atoms. The van der Waals surface area contributed by atoms with Crippen LogP contribution in [-0.4, -0.2) is 13.1 Å². The van der Waals surface area contributed by atoms with Crippen molar-refractivity contribution in [1.29, 1.82) is 0 Å². The quantitative estimate of drug-likeness (QED) is 0.766. The van der Waals surface area contributed by atoms with Crippen molar-refractivity contribution in [1.82, 2.24) is 0 Å². The maximum atomic E-state index is 13.4. The molecule has 0 saturated heterocycles. The molecule has 0 saturated carbocycles. The van der Waals surface area contributed by atoms with Crippen molar-refractivity contribution < 1.29 is 4.39 Å². The highest BCUT2D eigenvalue weighted by Crippen LogP contribution is 2.33. The van der Waals surface area contributed by atoms with Crippen molar-refractivity contribution in [2.75, 3.05) is 23.7 Å². The van der Waals surface area contributed by atoms with Crippen molar-refractivity contribution >= 4 is 34.0 Å². The van der Waals surface area contributed by atoms with Crippen molar-refractivity contribution in [3.8, 4) is 0 Å². The number of nitrogens with one attached hydrogen (secondary N) is 2. The van der Waals surface area contributed by atoms with Gasteiger partial charge in [0.1, 0.15) is 5.82 Å². The topological polar surface area (TPSA) is 24.1 Å². The van der Waals surface area contributed by atoms with E-state index in [9.17, 15) is 4.39 Å². The molecule has 1 aliphatic heterocycles. The Bertz CT molecular complexity index is 373. The summed E-state index contributed by atoms with van der Waals surface area (Å²) in [4.78, 5) is 0. The third-order valence-corrected chi connectivity index (χ3v) is 4.15. The molecule has 0 aliphatic carbocycles. The molecule has 0 aromatic heterocycles. The molecule has 1 aromatic rings. The maximum absolute atomic E-state index is 13.4. The van der Waals surface area contributed by atoms with Gasteiger partial charge in [0.05, 0.1) is 14.9 Å². The lowest BCUT2D eigenvalue weighted by atomic mass is 9.88. The fourth-order valence-electron chi connectivity index (χ4n) is 1.77. The summed E-state index contributed by atoms with van der Waals surface area (Å²) in [6, 6.07) is 3.44. The van der Waals surface area contributed by atoms with E-state index in [0.717, 1.165) is 30.9 Å². The minimum atomic E-state index is -0.159. The van der Waals surface area contributed by atoms with E-state index in [1.165, 1.54) is 0 Å². The number of fused-ring (bicyclic) bond motifs is 1. The maximum Gasteiger partial charge on any atom is 0.138 e. The normalized spacial score (nSPS) is 24.0. The molecule has 1 aromatic carbocycles. The Hall–Kier alpha value is -0.520. The van der Waals surface area contributed by atoms with Crippen molar-refractivity contribution in [3.05, 3.63) is 21.5 Å². The molecule has 0 radical (unpaired) electrons. The van der Waals surface area contributed by atoms with Gasteiger partial charge in [-0.3, -0.25) is 0 Å². The van der Waals surface area contributed by atoms with Gasteiger partial charge in [-0.2, -0.15) is 0 Å². The second-order valence-corrected chi connectivity index (χ2v) is 5.85. The van der Waals surface area contributed by atoms with Gasteiger partial charge < -0.3 is 10.6 Å². The molecule has 1 unspecified atom stereocenters. The highest BCUT2D eigenvalue weighted by Gasteiger charge is 2.25. The number of benzene rings is 1. The molecule has 2 nitrogen and oxygen atoms in total. The number of hydrogen-bond donors (Lipinski definition) is 2. The van der Waals surface area contributed by atoms with E-state index in [1.807, 2.05) is 28.7 Å². The number of anilines is 2. The number of hydrogen-bond acceptors (Lipinski definition) is 2. The molecule has 0 amide bonds. The van der Waals surface area contributed by atoms with Crippen LogP contribution in [0.25, 0.3) is 0 Å². The summed E-state index contributed by atoms with van der Waals surface area (Å²) in [7, 11) is 0. The molecular weight excluding hydrogens is 318 g/mol. The van der Waals surface area contributed by atoms with E-state index in [-0.39, 0.29) is 11.2 Å². The van der Waals surface area contributed by atoms with Crippen LogP contribution in [-0.2, 0) is 0 Å². The predicted molar refractivity (Wildman–Crippen MR) is 74.5 cm³/mol. The van der Waals surface area contributed by atoms with E-state index in [2.05, 4.69) is 24.5 Å². The van der Waals surface area contributed by atoms with Gasteiger partial charge in [0.15, 0.2) is 0 Å². The van der Waals surface area contributed by atoms with Gasteiger partial charge in [-0.1, -0.05) is 13.8 Å². The van der Waals surface area contributed by atoms with Gasteiger partial charge in [0.2, 0.25) is 0 Å². The minimum absolute atomic E-state index is 0.159. The van der Waals surface area contributed by atoms with Crippen LogP contribution in [0.4, 0.5) is 15.8 Å². The highest BCUT2D eigenvalue weighted by atomic mass is 127. The lowest BCUT2D eigenvalue weighted by molar-refractivity contribution is 0.361. The summed E-state index contributed by atoms with van der Waals surface area (Å²) in [6.07, 6.45) is 1.10. The fraction of sp³-hybridized carbons (Fsp3) is 0.500. The second kappa shape index (κ2) is 4.39. The largest absolute Gasteiger partial charge is 0.383 e. The Kier molecular flexibility index (Phi) is 3.28. The predicted octanol–water partition coefficient (Wildman–Crippen LogP) is 3.68. The van der Waals surface area contributed by atoms with E-state index >= 15 is 0 Å². The van der Waals surface area contributed by atoms with Crippen LogP contribution in [0, 0.1) is 14.8 Å². The molecular formula is C12H16FIN2. The van der Waals surface area contributed by atoms with Crippen LogP contribution in [0.15, 0.2) is 12.1 Å². The highest BCUT2D eigenvalue weighted by molar-refractivity contribution is 14.1. The first kappa shape index (κ1) is 12.0. The summed E-state index contributed by atoms with van der Waals surface area (Å²) >= 11 is 2.02. The third kappa shape index (κ3) is 2.26. The lowest BCUT2D eigenvalue weighted by Crippen LogP contribution is -2.30. The lowest BCUT2D eigenvalue weighted by Gasteiger charge is -2.26. The summed E-state index contributed by atoms with van der Waals surface area (Å²) in [6.45, 7) is 6.22. The van der Waals surface area contributed by atoms with E-state index < -0.39 is 0 Å². The Morgan fingerprint density at radius 3 is 2.44 bits per heavy atom. The average Bonchev–Trinajstić information content (AvgIpc) is 2.42. The average molecular weight is 334 g/mol. The first-order valence-electron chi connectivity index (χ1n) is 5.51. The monoisotopic (exact) mass is 334 g/mol. The fourth-order valence-corrected chi connectivity index (χ4v) is 2.24. The Labute approximate surface area is 109 Å². The van der Waals surface area contributed by atoms with Crippen molar-refractivity contribution in [3.63, 3.8) is 0 Å². The zero-order valence-corrected chi connectivity index (χ0v) is 11.7. The minimum Gasteiger partial charge on any atom is -0.383 e. The summed E-state index contributed by atoms with van der Waals surface area (Å²) < 4.78 is 14.1. The zero-order chi connectivity index (χ0) is 11.8. The molecule has 0 fully saturated rings. The molecule has 0 bridgehead atoms. The molecule has 1 atom stereocenters. The van der Waals surface area contributed by atoms with Gasteiger partial charge in [0, 0.05) is 24.6 Å². The molecule has 88 valence electrons. The van der Waals surface area contributed by atoms with Gasteiger partial charge >= 0.3 is 0 Å². The van der Waals surface area contributed by atoms with Crippen LogP contribution in [0.1, 0.15) is 20.3 Å². The number of rotatable bonds is 1. The van der Waals surface area contributed by atoms with Gasteiger partial charge in [0.25, 0.3) is 0 Å². The molecule has 1 aliphatic rings. The molecule has 2 N–H and O–H groups in total. The summed E-state index contributed by atoms with van der Waals surface area (Å²) in [5.41, 5.74) is 2.10. The first-order valence-corrected chi connectivity index (χ1v) is 6.59. The SMILES string of the molecule is CCC1(C)CNc2cc(F)c(I)cc2NC1. The second-order valence-electron chi connectivity index (χ2n) is 4.68. The smallest absolute Gasteiger partial charge is 0.138 e. The molecule has 4 heteroatoms. The van der Waals surface area contributed by atoms with Crippen LogP contribution >= 0.6 is 22.6 Å². The van der Waals surface area contributed by atoms with Gasteiger partial charge in [-0.25, -0.2) is 4.39 Å². The number of halogens is 2. The molecule has 2 rings (SSSR count). The van der Waals surface area contributed by atoms with Crippen LogP contribution in [0.5, 0.6) is 0 Å². The standard InChI is InChI=1S/C12H16FIN2/c1-3-12(2)6-15-10-4-8(13)9(14)5-11(10)16-7-12/h4-5,15-16H,3,6-7H2,1-2H3. The first-order chi connectivity index (χ1) is 7.54. The van der Waals surface area contributed by atoms with E-state index in [0.29, 0.717) is 3.57 Å². The van der Waals surface area contributed by atoms with Crippen LogP contribution in [0.2, 0.25) is 0 Å². The molecule has 1 heterocycles. The van der Waals surface area contributed by atoms with Gasteiger partial charge in [-0.15, -0.1) is 0 Å². The molecule has 0 spiro atoms. The summed E-state index contributed by atoms with van der Waals surface area (Å²) in [5, 5.41) is 6.73. The summed E-state index contributed by atoms with van der Waals surface area (Å²) in [5.74, 6) is -0.159. The van der Waals surface area contributed by atoms with Gasteiger partial charge in [-0.05, 0) is 35.1 Å².